The molecule has 3 nitrogen and oxygen atoms in total. The van der Waals surface area contributed by atoms with Gasteiger partial charge in [-0.05, 0) is 31.2 Å². The molecule has 1 atom stereocenters. The molecule has 3 heteroatoms. The standard InChI is InChI=1S/C16H21NO2/c18-15(17-12-14-8-4-11-19-14)16(9-5-10-16)13-6-2-1-3-7-13/h1-3,6-7,14H,4-5,8-12H2,(H,17,18). The van der Waals surface area contributed by atoms with Crippen molar-refractivity contribution in [2.24, 2.45) is 0 Å². The molecule has 0 spiro atoms. The number of ether oxygens (including phenoxy) is 1. The van der Waals surface area contributed by atoms with Crippen LogP contribution in [0.5, 0.6) is 0 Å². The average Bonchev–Trinajstić information content (AvgIpc) is 2.89. The second kappa shape index (κ2) is 5.33. The van der Waals surface area contributed by atoms with Crippen molar-refractivity contribution in [1.82, 2.24) is 5.32 Å². The predicted octanol–water partition coefficient (Wildman–Crippen LogP) is 2.40. The molecule has 1 amide bonds. The van der Waals surface area contributed by atoms with Crippen molar-refractivity contribution in [3.63, 3.8) is 0 Å². The molecule has 0 aromatic heterocycles. The second-order valence-corrected chi connectivity index (χ2v) is 5.65. The number of nitrogens with one attached hydrogen (secondary N) is 1. The molecule has 1 saturated heterocycles. The van der Waals surface area contributed by atoms with Crippen LogP contribution in [0.1, 0.15) is 37.7 Å². The molecule has 1 aliphatic carbocycles. The fraction of sp³-hybridized carbons (Fsp3) is 0.562. The number of carbonyl (C=O) groups is 1. The number of hydrogen-bond donors (Lipinski definition) is 1. The van der Waals surface area contributed by atoms with Crippen molar-refractivity contribution >= 4 is 5.91 Å². The lowest BCUT2D eigenvalue weighted by atomic mass is 9.64. The average molecular weight is 259 g/mol. The Bertz CT molecular complexity index is 433. The van der Waals surface area contributed by atoms with E-state index in [4.69, 9.17) is 4.74 Å². The quantitative estimate of drug-likeness (QED) is 0.901. The highest BCUT2D eigenvalue weighted by atomic mass is 16.5. The number of amides is 1. The Balaban J connectivity index is 1.66. The summed E-state index contributed by atoms with van der Waals surface area (Å²) in [5, 5.41) is 3.10. The van der Waals surface area contributed by atoms with Gasteiger partial charge in [0.1, 0.15) is 0 Å². The molecule has 0 radical (unpaired) electrons. The Hall–Kier alpha value is -1.35. The van der Waals surface area contributed by atoms with Gasteiger partial charge in [-0.3, -0.25) is 4.79 Å². The van der Waals surface area contributed by atoms with Crippen LogP contribution < -0.4 is 5.32 Å². The normalized spacial score (nSPS) is 24.7. The zero-order valence-electron chi connectivity index (χ0n) is 11.2. The van der Waals surface area contributed by atoms with Crippen LogP contribution in [0.3, 0.4) is 0 Å². The third-order valence-corrected chi connectivity index (χ3v) is 4.48. The Morgan fingerprint density at radius 1 is 1.26 bits per heavy atom. The van der Waals surface area contributed by atoms with E-state index >= 15 is 0 Å². The second-order valence-electron chi connectivity index (χ2n) is 5.65. The number of carbonyl (C=O) groups excluding carboxylic acids is 1. The zero-order valence-corrected chi connectivity index (χ0v) is 11.2. The minimum absolute atomic E-state index is 0.181. The maximum atomic E-state index is 12.5. The molecule has 1 saturated carbocycles. The van der Waals surface area contributed by atoms with Gasteiger partial charge in [0, 0.05) is 13.2 Å². The molecule has 19 heavy (non-hydrogen) atoms. The SMILES string of the molecule is O=C(NCC1CCCO1)C1(c2ccccc2)CCC1. The first-order chi connectivity index (χ1) is 9.31. The number of benzene rings is 1. The van der Waals surface area contributed by atoms with E-state index in [1.165, 1.54) is 0 Å². The molecule has 2 aliphatic rings. The van der Waals surface area contributed by atoms with Crippen LogP contribution in [0.2, 0.25) is 0 Å². The van der Waals surface area contributed by atoms with Crippen LogP contribution in [0, 0.1) is 0 Å². The van der Waals surface area contributed by atoms with Crippen molar-refractivity contribution < 1.29 is 9.53 Å². The van der Waals surface area contributed by atoms with Gasteiger partial charge in [0.05, 0.1) is 11.5 Å². The van der Waals surface area contributed by atoms with Gasteiger partial charge in [0.2, 0.25) is 5.91 Å². The minimum atomic E-state index is -0.278. The molecule has 1 aromatic rings. The lowest BCUT2D eigenvalue weighted by molar-refractivity contribution is -0.130. The molecule has 2 fully saturated rings. The summed E-state index contributed by atoms with van der Waals surface area (Å²) in [4.78, 5) is 12.5. The topological polar surface area (TPSA) is 38.3 Å². The van der Waals surface area contributed by atoms with Crippen molar-refractivity contribution in [3.05, 3.63) is 35.9 Å². The van der Waals surface area contributed by atoms with Gasteiger partial charge in [0.15, 0.2) is 0 Å². The Labute approximate surface area is 114 Å². The van der Waals surface area contributed by atoms with Gasteiger partial charge >= 0.3 is 0 Å². The van der Waals surface area contributed by atoms with Gasteiger partial charge in [-0.2, -0.15) is 0 Å². The fourth-order valence-corrected chi connectivity index (χ4v) is 3.12. The smallest absolute Gasteiger partial charge is 0.230 e. The van der Waals surface area contributed by atoms with Gasteiger partial charge in [-0.15, -0.1) is 0 Å². The minimum Gasteiger partial charge on any atom is -0.376 e. The highest BCUT2D eigenvalue weighted by molar-refractivity contribution is 5.89. The van der Waals surface area contributed by atoms with E-state index in [0.29, 0.717) is 6.54 Å². The Kier molecular flexibility index (Phi) is 3.56. The van der Waals surface area contributed by atoms with Crippen LogP contribution in [0.25, 0.3) is 0 Å². The maximum Gasteiger partial charge on any atom is 0.230 e. The van der Waals surface area contributed by atoms with Gasteiger partial charge in [-0.25, -0.2) is 0 Å². The molecule has 102 valence electrons. The van der Waals surface area contributed by atoms with E-state index in [-0.39, 0.29) is 17.4 Å². The summed E-state index contributed by atoms with van der Waals surface area (Å²) in [6.07, 6.45) is 5.48. The summed E-state index contributed by atoms with van der Waals surface area (Å²) < 4.78 is 5.56. The third-order valence-electron chi connectivity index (χ3n) is 4.48. The van der Waals surface area contributed by atoms with Crippen molar-refractivity contribution in [1.29, 1.82) is 0 Å². The molecular weight excluding hydrogens is 238 g/mol. The van der Waals surface area contributed by atoms with Crippen LogP contribution in [0.4, 0.5) is 0 Å². The Morgan fingerprint density at radius 3 is 2.63 bits per heavy atom. The summed E-state index contributed by atoms with van der Waals surface area (Å²) >= 11 is 0. The van der Waals surface area contributed by atoms with E-state index in [1.807, 2.05) is 18.2 Å². The molecular formula is C16H21NO2. The summed E-state index contributed by atoms with van der Waals surface area (Å²) in [5.41, 5.74) is 0.881. The van der Waals surface area contributed by atoms with Crippen molar-refractivity contribution in [3.8, 4) is 0 Å². The summed E-state index contributed by atoms with van der Waals surface area (Å²) in [5.74, 6) is 0.181. The molecule has 1 N–H and O–H groups in total. The fourth-order valence-electron chi connectivity index (χ4n) is 3.12. The summed E-state index contributed by atoms with van der Waals surface area (Å²) in [6, 6.07) is 10.2. The molecule has 0 bridgehead atoms. The first kappa shape index (κ1) is 12.7. The van der Waals surface area contributed by atoms with Crippen LogP contribution in [0.15, 0.2) is 30.3 Å². The zero-order chi connectivity index (χ0) is 13.1. The van der Waals surface area contributed by atoms with Gasteiger partial charge in [-0.1, -0.05) is 36.8 Å². The van der Waals surface area contributed by atoms with E-state index in [2.05, 4.69) is 17.4 Å². The van der Waals surface area contributed by atoms with Gasteiger partial charge < -0.3 is 10.1 Å². The van der Waals surface area contributed by atoms with E-state index in [1.54, 1.807) is 0 Å². The Morgan fingerprint density at radius 2 is 2.05 bits per heavy atom. The van der Waals surface area contributed by atoms with E-state index in [9.17, 15) is 4.79 Å². The third kappa shape index (κ3) is 2.39. The highest BCUT2D eigenvalue weighted by Gasteiger charge is 2.45. The molecule has 1 aliphatic heterocycles. The largest absolute Gasteiger partial charge is 0.376 e. The van der Waals surface area contributed by atoms with Gasteiger partial charge in [0.25, 0.3) is 0 Å². The summed E-state index contributed by atoms with van der Waals surface area (Å²) in [6.45, 7) is 1.50. The maximum absolute atomic E-state index is 12.5. The molecule has 1 aromatic carbocycles. The lowest BCUT2D eigenvalue weighted by Crippen LogP contribution is -2.50. The van der Waals surface area contributed by atoms with E-state index in [0.717, 1.165) is 44.3 Å². The summed E-state index contributed by atoms with van der Waals surface area (Å²) in [7, 11) is 0. The van der Waals surface area contributed by atoms with E-state index < -0.39 is 0 Å². The first-order valence-corrected chi connectivity index (χ1v) is 7.27. The van der Waals surface area contributed by atoms with Crippen molar-refractivity contribution in [2.45, 2.75) is 43.6 Å². The monoisotopic (exact) mass is 259 g/mol. The predicted molar refractivity (Wildman–Crippen MR) is 74.0 cm³/mol. The number of rotatable bonds is 4. The molecule has 1 heterocycles. The van der Waals surface area contributed by atoms with Crippen molar-refractivity contribution in [2.75, 3.05) is 13.2 Å². The van der Waals surface area contributed by atoms with Crippen LogP contribution >= 0.6 is 0 Å². The first-order valence-electron chi connectivity index (χ1n) is 7.27. The number of hydrogen-bond acceptors (Lipinski definition) is 2. The molecule has 1 unspecified atom stereocenters. The highest BCUT2D eigenvalue weighted by Crippen LogP contribution is 2.43. The molecule has 3 rings (SSSR count). The van der Waals surface area contributed by atoms with Crippen LogP contribution in [-0.2, 0) is 14.9 Å². The lowest BCUT2D eigenvalue weighted by Gasteiger charge is -2.41. The van der Waals surface area contributed by atoms with Crippen LogP contribution in [-0.4, -0.2) is 25.2 Å².